The number of halogens is 2. The number of rotatable bonds is 9. The Bertz CT molecular complexity index is 132. The van der Waals surface area contributed by atoms with Gasteiger partial charge in [-0.25, -0.2) is 0 Å². The molecule has 0 aromatic rings. The molecule has 0 radical (unpaired) electrons. The molecule has 0 aromatic carbocycles. The Morgan fingerprint density at radius 1 is 0.571 bits per heavy atom. The number of hydrogen-bond donors (Lipinski definition) is 0. The molecule has 14 heavy (non-hydrogen) atoms. The molecule has 0 amide bonds. The third-order valence-corrected chi connectivity index (χ3v) is 2.75. The van der Waals surface area contributed by atoms with Crippen LogP contribution in [0.5, 0.6) is 0 Å². The Morgan fingerprint density at radius 3 is 1.36 bits per heavy atom. The zero-order valence-corrected chi connectivity index (χ0v) is 11.9. The van der Waals surface area contributed by atoms with Crippen molar-refractivity contribution < 1.29 is 0 Å². The largest absolute Gasteiger partial charge is 0.0883 e. The monoisotopic (exact) mass is 322 g/mol. The molecule has 0 rings (SSSR count). The highest BCUT2D eigenvalue weighted by molar-refractivity contribution is 9.09. The lowest BCUT2D eigenvalue weighted by Crippen LogP contribution is -1.77. The molecule has 0 aromatic heterocycles. The molecule has 0 aliphatic rings. The van der Waals surface area contributed by atoms with Gasteiger partial charge < -0.3 is 0 Å². The Morgan fingerprint density at radius 2 is 1.00 bits per heavy atom. The van der Waals surface area contributed by atoms with Crippen molar-refractivity contribution in [3.05, 3.63) is 24.3 Å². The predicted molar refractivity (Wildman–Crippen MR) is 73.6 cm³/mol. The molecular weight excluding hydrogens is 304 g/mol. The van der Waals surface area contributed by atoms with Crippen LogP contribution in [0.15, 0.2) is 24.3 Å². The Balaban J connectivity index is 2.99. The highest BCUT2D eigenvalue weighted by atomic mass is 79.9. The topological polar surface area (TPSA) is 0 Å². The maximum Gasteiger partial charge on any atom is 0.0212 e. The van der Waals surface area contributed by atoms with Gasteiger partial charge in [-0.3, -0.25) is 0 Å². The fraction of sp³-hybridized carbons (Fsp3) is 0.667. The molecule has 0 aliphatic carbocycles. The number of unbranched alkanes of at least 4 members (excludes halogenated alkanes) is 5. The summed E-state index contributed by atoms with van der Waals surface area (Å²) in [5.74, 6) is 0. The lowest BCUT2D eigenvalue weighted by molar-refractivity contribution is 0.652. The van der Waals surface area contributed by atoms with Crippen LogP contribution in [0.3, 0.4) is 0 Å². The normalized spacial score (nSPS) is 11.9. The fourth-order valence-corrected chi connectivity index (χ4v) is 1.77. The molecule has 0 bridgehead atoms. The number of hydrogen-bond acceptors (Lipinski definition) is 0. The second kappa shape index (κ2) is 13.4. The highest BCUT2D eigenvalue weighted by Gasteiger charge is 1.87. The van der Waals surface area contributed by atoms with Gasteiger partial charge in [0.15, 0.2) is 0 Å². The maximum absolute atomic E-state index is 3.37. The molecule has 0 aliphatic heterocycles. The molecule has 0 atom stereocenters. The summed E-state index contributed by atoms with van der Waals surface area (Å²) in [6.45, 7) is 0. The average molecular weight is 324 g/mol. The zero-order valence-electron chi connectivity index (χ0n) is 8.72. The van der Waals surface area contributed by atoms with E-state index < -0.39 is 0 Å². The van der Waals surface area contributed by atoms with Crippen molar-refractivity contribution >= 4 is 31.9 Å². The van der Waals surface area contributed by atoms with Crippen LogP contribution < -0.4 is 0 Å². The molecule has 0 N–H and O–H groups in total. The van der Waals surface area contributed by atoms with Gasteiger partial charge in [0, 0.05) is 10.7 Å². The summed E-state index contributed by atoms with van der Waals surface area (Å²) in [6.07, 6.45) is 16.8. The lowest BCUT2D eigenvalue weighted by Gasteiger charge is -1.96. The van der Waals surface area contributed by atoms with Gasteiger partial charge in [0.05, 0.1) is 0 Å². The molecule has 2 heteroatoms. The third-order valence-electron chi connectivity index (χ3n) is 2.00. The standard InChI is InChI=1S/C12H20Br2/c13-11-9-7-5-3-1-2-4-6-8-10-12-14/h7-10H,1-6,11-12H2. The molecule has 0 spiro atoms. The fourth-order valence-electron chi connectivity index (χ4n) is 1.24. The van der Waals surface area contributed by atoms with Gasteiger partial charge in [0.2, 0.25) is 0 Å². The van der Waals surface area contributed by atoms with E-state index in [1.807, 2.05) is 0 Å². The zero-order chi connectivity index (χ0) is 10.5. The first-order chi connectivity index (χ1) is 6.91. The maximum atomic E-state index is 3.37. The number of alkyl halides is 2. The van der Waals surface area contributed by atoms with Crippen LogP contribution in [0, 0.1) is 0 Å². The average Bonchev–Trinajstić information content (AvgIpc) is 2.21. The van der Waals surface area contributed by atoms with Crippen molar-refractivity contribution in [2.75, 3.05) is 10.7 Å². The lowest BCUT2D eigenvalue weighted by atomic mass is 10.1. The molecule has 0 saturated carbocycles. The van der Waals surface area contributed by atoms with Crippen LogP contribution in [0.2, 0.25) is 0 Å². The van der Waals surface area contributed by atoms with Crippen LogP contribution in [0.25, 0.3) is 0 Å². The minimum atomic E-state index is 0.990. The first-order valence-electron chi connectivity index (χ1n) is 5.33. The quantitative estimate of drug-likeness (QED) is 0.309. The van der Waals surface area contributed by atoms with Crippen molar-refractivity contribution in [1.29, 1.82) is 0 Å². The first-order valence-corrected chi connectivity index (χ1v) is 7.58. The van der Waals surface area contributed by atoms with E-state index in [0.29, 0.717) is 0 Å². The van der Waals surface area contributed by atoms with Crippen LogP contribution in [0.1, 0.15) is 38.5 Å². The summed E-state index contributed by atoms with van der Waals surface area (Å²) in [7, 11) is 0. The van der Waals surface area contributed by atoms with Gasteiger partial charge in [0.25, 0.3) is 0 Å². The summed E-state index contributed by atoms with van der Waals surface area (Å²) in [4.78, 5) is 0. The van der Waals surface area contributed by atoms with E-state index in [-0.39, 0.29) is 0 Å². The van der Waals surface area contributed by atoms with Crippen molar-refractivity contribution in [2.45, 2.75) is 38.5 Å². The van der Waals surface area contributed by atoms with Gasteiger partial charge in [-0.15, -0.1) is 0 Å². The van der Waals surface area contributed by atoms with Crippen molar-refractivity contribution in [1.82, 2.24) is 0 Å². The van der Waals surface area contributed by atoms with E-state index in [2.05, 4.69) is 56.2 Å². The van der Waals surface area contributed by atoms with E-state index in [1.165, 1.54) is 38.5 Å². The third kappa shape index (κ3) is 12.4. The van der Waals surface area contributed by atoms with Crippen molar-refractivity contribution in [2.24, 2.45) is 0 Å². The van der Waals surface area contributed by atoms with Gasteiger partial charge >= 0.3 is 0 Å². The second-order valence-electron chi connectivity index (χ2n) is 3.24. The van der Waals surface area contributed by atoms with Crippen molar-refractivity contribution in [3.8, 4) is 0 Å². The first kappa shape index (κ1) is 14.4. The minimum Gasteiger partial charge on any atom is -0.0883 e. The Labute approximate surface area is 105 Å². The van der Waals surface area contributed by atoms with Gasteiger partial charge in [0.1, 0.15) is 0 Å². The van der Waals surface area contributed by atoms with E-state index >= 15 is 0 Å². The Kier molecular flexibility index (Phi) is 13.9. The van der Waals surface area contributed by atoms with Gasteiger partial charge in [-0.1, -0.05) is 69.0 Å². The summed E-state index contributed by atoms with van der Waals surface area (Å²) in [5.41, 5.74) is 0. The number of allylic oxidation sites excluding steroid dienone is 4. The molecule has 0 unspecified atom stereocenters. The van der Waals surface area contributed by atoms with E-state index in [9.17, 15) is 0 Å². The Hall–Kier alpha value is 0.440. The second-order valence-corrected chi connectivity index (χ2v) is 4.54. The summed E-state index contributed by atoms with van der Waals surface area (Å²) in [6, 6.07) is 0. The predicted octanol–water partition coefficient (Wildman–Crippen LogP) is 5.23. The van der Waals surface area contributed by atoms with Gasteiger partial charge in [-0.2, -0.15) is 0 Å². The van der Waals surface area contributed by atoms with Crippen LogP contribution in [-0.2, 0) is 0 Å². The molecule has 82 valence electrons. The minimum absolute atomic E-state index is 0.990. The van der Waals surface area contributed by atoms with E-state index in [4.69, 9.17) is 0 Å². The van der Waals surface area contributed by atoms with E-state index in [1.54, 1.807) is 0 Å². The van der Waals surface area contributed by atoms with Crippen LogP contribution in [-0.4, -0.2) is 10.7 Å². The van der Waals surface area contributed by atoms with Crippen molar-refractivity contribution in [3.63, 3.8) is 0 Å². The summed E-state index contributed by atoms with van der Waals surface area (Å²) in [5, 5.41) is 1.98. The van der Waals surface area contributed by atoms with Gasteiger partial charge in [-0.05, 0) is 25.7 Å². The molecule has 0 fully saturated rings. The smallest absolute Gasteiger partial charge is 0.0212 e. The molecule has 0 saturated heterocycles. The highest BCUT2D eigenvalue weighted by Crippen LogP contribution is 2.06. The molecule has 0 nitrogen and oxygen atoms in total. The molecule has 0 heterocycles. The van der Waals surface area contributed by atoms with Crippen LogP contribution >= 0.6 is 31.9 Å². The SMILES string of the molecule is BrCC=CCCCCCCC=CCBr. The summed E-state index contributed by atoms with van der Waals surface area (Å²) >= 11 is 6.74. The summed E-state index contributed by atoms with van der Waals surface area (Å²) < 4.78 is 0. The molecular formula is C12H20Br2. The van der Waals surface area contributed by atoms with Crippen LogP contribution in [0.4, 0.5) is 0 Å². The van der Waals surface area contributed by atoms with E-state index in [0.717, 1.165) is 10.7 Å².